The van der Waals surface area contributed by atoms with E-state index < -0.39 is 0 Å². The number of hydrogen-bond donors (Lipinski definition) is 3. The molecule has 0 spiro atoms. The monoisotopic (exact) mass is 389 g/mol. The molecule has 2 amide bonds. The molecule has 0 radical (unpaired) electrons. The standard InChI is InChI=1S/C18H23N5O5/c1-10-16(22-9-28-10)18(26)23-13-5-11(3-4-14(13)27-2)17(25)19-7-12-6-15(24)21-8-20-12/h6,8-9,11,13-14H,3-5,7H2,1-2H3,(H,19,25)(H,23,26)(H,20,21,24)/t11-,13+,14+/m0/s1. The molecule has 0 saturated heterocycles. The molecule has 150 valence electrons. The van der Waals surface area contributed by atoms with Crippen molar-refractivity contribution in [2.24, 2.45) is 5.92 Å². The fourth-order valence-corrected chi connectivity index (χ4v) is 3.40. The quantitative estimate of drug-likeness (QED) is 0.645. The van der Waals surface area contributed by atoms with Crippen molar-refractivity contribution < 1.29 is 18.7 Å². The highest BCUT2D eigenvalue weighted by Crippen LogP contribution is 2.27. The molecule has 0 aromatic carbocycles. The number of aromatic amines is 1. The Morgan fingerprint density at radius 2 is 2.18 bits per heavy atom. The van der Waals surface area contributed by atoms with Gasteiger partial charge in [-0.3, -0.25) is 14.4 Å². The van der Waals surface area contributed by atoms with Gasteiger partial charge in [-0.1, -0.05) is 0 Å². The number of aromatic nitrogens is 3. The molecular weight excluding hydrogens is 366 g/mol. The van der Waals surface area contributed by atoms with E-state index >= 15 is 0 Å². The van der Waals surface area contributed by atoms with Gasteiger partial charge >= 0.3 is 0 Å². The Labute approximate surface area is 161 Å². The summed E-state index contributed by atoms with van der Waals surface area (Å²) >= 11 is 0. The van der Waals surface area contributed by atoms with Crippen molar-refractivity contribution in [2.45, 2.75) is 44.9 Å². The summed E-state index contributed by atoms with van der Waals surface area (Å²) in [5, 5.41) is 5.71. The van der Waals surface area contributed by atoms with Crippen LogP contribution in [0, 0.1) is 12.8 Å². The first-order valence-electron chi connectivity index (χ1n) is 9.03. The summed E-state index contributed by atoms with van der Waals surface area (Å²) in [7, 11) is 1.59. The van der Waals surface area contributed by atoms with Gasteiger partial charge in [-0.15, -0.1) is 0 Å². The summed E-state index contributed by atoms with van der Waals surface area (Å²) in [5.74, 6) is -0.348. The molecular formula is C18H23N5O5. The van der Waals surface area contributed by atoms with E-state index in [1.165, 1.54) is 18.8 Å². The number of methoxy groups -OCH3 is 1. The van der Waals surface area contributed by atoms with E-state index in [0.29, 0.717) is 30.7 Å². The van der Waals surface area contributed by atoms with Crippen LogP contribution in [0.5, 0.6) is 0 Å². The van der Waals surface area contributed by atoms with Gasteiger partial charge in [0.05, 0.1) is 30.7 Å². The van der Waals surface area contributed by atoms with Crippen LogP contribution in [0.15, 0.2) is 28.0 Å². The van der Waals surface area contributed by atoms with Crippen LogP contribution in [0.25, 0.3) is 0 Å². The summed E-state index contributed by atoms with van der Waals surface area (Å²) in [4.78, 5) is 46.7. The lowest BCUT2D eigenvalue weighted by molar-refractivity contribution is -0.127. The number of rotatable bonds is 6. The lowest BCUT2D eigenvalue weighted by atomic mass is 9.83. The molecule has 0 bridgehead atoms. The first-order chi connectivity index (χ1) is 13.5. The SMILES string of the molecule is CO[C@@H]1CC[C@H](C(=O)NCc2cc(=O)[nH]cn2)C[C@H]1NC(=O)c1ncoc1C. The van der Waals surface area contributed by atoms with Crippen molar-refractivity contribution in [3.8, 4) is 0 Å². The van der Waals surface area contributed by atoms with Gasteiger partial charge in [-0.25, -0.2) is 9.97 Å². The minimum atomic E-state index is -0.355. The van der Waals surface area contributed by atoms with Crippen molar-refractivity contribution in [1.29, 1.82) is 0 Å². The molecule has 1 aliphatic rings. The van der Waals surface area contributed by atoms with E-state index in [9.17, 15) is 14.4 Å². The summed E-state index contributed by atoms with van der Waals surface area (Å²) in [6.45, 7) is 1.83. The number of ether oxygens (including phenoxy) is 1. The second kappa shape index (κ2) is 8.79. The van der Waals surface area contributed by atoms with Crippen LogP contribution >= 0.6 is 0 Å². The number of nitrogens with zero attached hydrogens (tertiary/aromatic N) is 2. The molecule has 1 fully saturated rings. The van der Waals surface area contributed by atoms with Gasteiger partial charge in [0.1, 0.15) is 5.76 Å². The Balaban J connectivity index is 1.60. The predicted octanol–water partition coefficient (Wildman–Crippen LogP) is 0.296. The van der Waals surface area contributed by atoms with Gasteiger partial charge in [-0.05, 0) is 26.2 Å². The van der Waals surface area contributed by atoms with Gasteiger partial charge in [0.25, 0.3) is 11.5 Å². The third-order valence-corrected chi connectivity index (χ3v) is 4.92. The minimum absolute atomic E-state index is 0.145. The Hall–Kier alpha value is -3.01. The Kier molecular flexibility index (Phi) is 6.19. The number of nitrogens with one attached hydrogen (secondary N) is 3. The van der Waals surface area contributed by atoms with Crippen molar-refractivity contribution in [1.82, 2.24) is 25.6 Å². The highest BCUT2D eigenvalue weighted by Gasteiger charge is 2.35. The number of H-pyrrole nitrogens is 1. The van der Waals surface area contributed by atoms with Crippen LogP contribution in [0.3, 0.4) is 0 Å². The minimum Gasteiger partial charge on any atom is -0.448 e. The number of carbonyl (C=O) groups excluding carboxylic acids is 2. The Morgan fingerprint density at radius 3 is 2.86 bits per heavy atom. The number of aryl methyl sites for hydroxylation is 1. The van der Waals surface area contributed by atoms with Crippen LogP contribution < -0.4 is 16.2 Å². The zero-order valence-electron chi connectivity index (χ0n) is 15.7. The average molecular weight is 389 g/mol. The summed E-state index contributed by atoms with van der Waals surface area (Å²) in [6, 6.07) is 1.02. The first kappa shape index (κ1) is 19.7. The number of carbonyl (C=O) groups is 2. The molecule has 1 aliphatic carbocycles. The molecule has 3 atom stereocenters. The highest BCUT2D eigenvalue weighted by molar-refractivity contribution is 5.93. The van der Waals surface area contributed by atoms with Gasteiger partial charge < -0.3 is 24.8 Å². The lowest BCUT2D eigenvalue weighted by Gasteiger charge is -2.35. The fraction of sp³-hybridized carbons (Fsp3) is 0.500. The van der Waals surface area contributed by atoms with Gasteiger partial charge in [0.15, 0.2) is 12.1 Å². The number of hydrogen-bond acceptors (Lipinski definition) is 7. The largest absolute Gasteiger partial charge is 0.448 e. The molecule has 3 N–H and O–H groups in total. The summed E-state index contributed by atoms with van der Waals surface area (Å²) in [6.07, 6.45) is 4.05. The zero-order chi connectivity index (χ0) is 20.1. The normalized spacial score (nSPS) is 21.9. The van der Waals surface area contributed by atoms with Crippen LogP contribution in [0.1, 0.15) is 41.2 Å². The van der Waals surface area contributed by atoms with E-state index in [1.807, 2.05) is 0 Å². The molecule has 0 aliphatic heterocycles. The van der Waals surface area contributed by atoms with E-state index in [4.69, 9.17) is 9.15 Å². The second-order valence-corrected chi connectivity index (χ2v) is 6.74. The molecule has 2 aromatic rings. The van der Waals surface area contributed by atoms with E-state index in [1.54, 1.807) is 14.0 Å². The van der Waals surface area contributed by atoms with Crippen LogP contribution in [-0.4, -0.2) is 46.0 Å². The molecule has 1 saturated carbocycles. The average Bonchev–Trinajstić information content (AvgIpc) is 3.12. The summed E-state index contributed by atoms with van der Waals surface area (Å²) in [5.41, 5.74) is 0.432. The lowest BCUT2D eigenvalue weighted by Crippen LogP contribution is -2.50. The second-order valence-electron chi connectivity index (χ2n) is 6.74. The van der Waals surface area contributed by atoms with Crippen LogP contribution in [-0.2, 0) is 16.1 Å². The Bertz CT molecular complexity index is 892. The van der Waals surface area contributed by atoms with Crippen LogP contribution in [0.2, 0.25) is 0 Å². The third kappa shape index (κ3) is 4.63. The van der Waals surface area contributed by atoms with E-state index in [2.05, 4.69) is 25.6 Å². The molecule has 10 heteroatoms. The molecule has 10 nitrogen and oxygen atoms in total. The third-order valence-electron chi connectivity index (χ3n) is 4.92. The summed E-state index contributed by atoms with van der Waals surface area (Å²) < 4.78 is 10.6. The fourth-order valence-electron chi connectivity index (χ4n) is 3.40. The van der Waals surface area contributed by atoms with Gasteiger partial charge in [-0.2, -0.15) is 0 Å². The van der Waals surface area contributed by atoms with Crippen molar-refractivity contribution in [3.05, 3.63) is 46.3 Å². The maximum Gasteiger partial charge on any atom is 0.273 e. The van der Waals surface area contributed by atoms with Gasteiger partial charge in [0.2, 0.25) is 5.91 Å². The van der Waals surface area contributed by atoms with Crippen molar-refractivity contribution in [2.75, 3.05) is 7.11 Å². The molecule has 28 heavy (non-hydrogen) atoms. The Morgan fingerprint density at radius 1 is 1.36 bits per heavy atom. The van der Waals surface area contributed by atoms with E-state index in [-0.39, 0.29) is 47.7 Å². The molecule has 3 rings (SSSR count). The van der Waals surface area contributed by atoms with Gasteiger partial charge in [0, 0.05) is 19.1 Å². The van der Waals surface area contributed by atoms with Crippen LogP contribution in [0.4, 0.5) is 0 Å². The topological polar surface area (TPSA) is 139 Å². The predicted molar refractivity (Wildman–Crippen MR) is 97.3 cm³/mol. The maximum absolute atomic E-state index is 12.6. The smallest absolute Gasteiger partial charge is 0.273 e. The number of amides is 2. The van der Waals surface area contributed by atoms with E-state index in [0.717, 1.165) is 0 Å². The first-order valence-corrected chi connectivity index (χ1v) is 9.03. The zero-order valence-corrected chi connectivity index (χ0v) is 15.7. The van der Waals surface area contributed by atoms with Crippen molar-refractivity contribution >= 4 is 11.8 Å². The molecule has 0 unspecified atom stereocenters. The van der Waals surface area contributed by atoms with Crippen molar-refractivity contribution in [3.63, 3.8) is 0 Å². The maximum atomic E-state index is 12.6. The molecule has 2 aromatic heterocycles. The highest BCUT2D eigenvalue weighted by atomic mass is 16.5. The number of oxazole rings is 1. The molecule has 2 heterocycles.